The molecule has 0 unspecified atom stereocenters. The van der Waals surface area contributed by atoms with E-state index in [1.54, 1.807) is 0 Å². The lowest BCUT2D eigenvalue weighted by Gasteiger charge is -2.17. The Morgan fingerprint density at radius 3 is 2.61 bits per heavy atom. The summed E-state index contributed by atoms with van der Waals surface area (Å²) >= 11 is 0. The van der Waals surface area contributed by atoms with Crippen LogP contribution in [0.15, 0.2) is 15.8 Å². The first kappa shape index (κ1) is 13.0. The van der Waals surface area contributed by atoms with Gasteiger partial charge in [-0.25, -0.2) is 4.79 Å². The minimum absolute atomic E-state index is 0.271. The first-order valence-corrected chi connectivity index (χ1v) is 5.40. The number of hydrogen-bond donors (Lipinski definition) is 4. The van der Waals surface area contributed by atoms with Gasteiger partial charge in [-0.15, -0.1) is 0 Å². The third-order valence-corrected chi connectivity index (χ3v) is 2.94. The summed E-state index contributed by atoms with van der Waals surface area (Å²) in [6, 6.07) is 0. The first-order chi connectivity index (χ1) is 8.45. The molecule has 0 aromatic carbocycles. The van der Waals surface area contributed by atoms with E-state index in [4.69, 9.17) is 9.84 Å². The topological polar surface area (TPSA) is 125 Å². The lowest BCUT2D eigenvalue weighted by molar-refractivity contribution is -0.0551. The van der Waals surface area contributed by atoms with Gasteiger partial charge in [0, 0.05) is 11.8 Å². The molecule has 0 aliphatic carbocycles. The minimum Gasteiger partial charge on any atom is -0.394 e. The number of hydrogen-bond acceptors (Lipinski definition) is 6. The zero-order chi connectivity index (χ0) is 13.4. The third-order valence-electron chi connectivity index (χ3n) is 2.94. The average Bonchev–Trinajstić information content (AvgIpc) is 2.61. The molecule has 0 amide bonds. The molecule has 2 heterocycles. The second-order valence-electron chi connectivity index (χ2n) is 4.21. The van der Waals surface area contributed by atoms with Crippen molar-refractivity contribution in [2.75, 3.05) is 6.61 Å². The summed E-state index contributed by atoms with van der Waals surface area (Å²) in [6.07, 6.45) is -3.52. The molecule has 0 radical (unpaired) electrons. The zero-order valence-corrected chi connectivity index (χ0v) is 9.61. The maximum absolute atomic E-state index is 11.6. The molecule has 100 valence electrons. The number of aliphatic hydroxyl groups is 3. The predicted octanol–water partition coefficient (Wildman–Crippen LogP) is -2.54. The van der Waals surface area contributed by atoms with Crippen LogP contribution in [0, 0.1) is 6.92 Å². The van der Waals surface area contributed by atoms with Crippen LogP contribution in [-0.4, -0.2) is 49.8 Å². The summed E-state index contributed by atoms with van der Waals surface area (Å²) in [4.78, 5) is 24.9. The van der Waals surface area contributed by atoms with E-state index in [0.29, 0.717) is 0 Å². The van der Waals surface area contributed by atoms with Crippen molar-refractivity contribution in [1.29, 1.82) is 0 Å². The second kappa shape index (κ2) is 4.65. The van der Waals surface area contributed by atoms with E-state index in [-0.39, 0.29) is 5.56 Å². The number of aryl methyl sites for hydroxylation is 1. The molecule has 1 aliphatic rings. The van der Waals surface area contributed by atoms with Crippen molar-refractivity contribution in [3.8, 4) is 0 Å². The molecule has 8 heteroatoms. The van der Waals surface area contributed by atoms with E-state index in [1.165, 1.54) is 13.1 Å². The maximum atomic E-state index is 11.6. The zero-order valence-electron chi connectivity index (χ0n) is 9.61. The fraction of sp³-hybridized carbons (Fsp3) is 0.600. The second-order valence-corrected chi connectivity index (χ2v) is 4.21. The Balaban J connectivity index is 2.42. The van der Waals surface area contributed by atoms with Crippen LogP contribution in [0.5, 0.6) is 0 Å². The third kappa shape index (κ3) is 1.99. The number of nitrogens with one attached hydrogen (secondary N) is 1. The molecule has 2 rings (SSSR count). The molecule has 1 fully saturated rings. The highest BCUT2D eigenvalue weighted by Gasteiger charge is 2.43. The number of aromatic amines is 1. The van der Waals surface area contributed by atoms with Crippen LogP contribution >= 0.6 is 0 Å². The smallest absolute Gasteiger partial charge is 0.330 e. The summed E-state index contributed by atoms with van der Waals surface area (Å²) in [5.74, 6) is 0. The molecular weight excluding hydrogens is 244 g/mol. The highest BCUT2D eigenvalue weighted by atomic mass is 16.6. The van der Waals surface area contributed by atoms with Crippen molar-refractivity contribution in [3.63, 3.8) is 0 Å². The van der Waals surface area contributed by atoms with Gasteiger partial charge in [-0.3, -0.25) is 14.3 Å². The van der Waals surface area contributed by atoms with Crippen LogP contribution in [0.3, 0.4) is 0 Å². The molecule has 1 aromatic rings. The first-order valence-electron chi connectivity index (χ1n) is 5.40. The van der Waals surface area contributed by atoms with E-state index in [2.05, 4.69) is 4.98 Å². The van der Waals surface area contributed by atoms with Crippen molar-refractivity contribution >= 4 is 0 Å². The van der Waals surface area contributed by atoms with Gasteiger partial charge < -0.3 is 20.1 Å². The van der Waals surface area contributed by atoms with Crippen molar-refractivity contribution in [2.45, 2.75) is 31.5 Å². The Labute approximate surface area is 101 Å². The summed E-state index contributed by atoms with van der Waals surface area (Å²) < 4.78 is 6.17. The Morgan fingerprint density at radius 2 is 2.06 bits per heavy atom. The van der Waals surface area contributed by atoms with Crippen LogP contribution < -0.4 is 11.2 Å². The van der Waals surface area contributed by atoms with Crippen molar-refractivity contribution in [1.82, 2.24) is 9.55 Å². The molecule has 18 heavy (non-hydrogen) atoms. The molecule has 1 aromatic heterocycles. The van der Waals surface area contributed by atoms with Gasteiger partial charge in [-0.1, -0.05) is 0 Å². The number of ether oxygens (including phenoxy) is 1. The standard InChI is InChI=1S/C10H14N2O6/c1-4-2-12(10(17)11-8(4)16)9-7(15)6(14)5(3-13)18-9/h2,5-7,9,13-15H,3H2,1H3,(H,11,16,17)/t5-,6+,7-,9-/m0/s1. The molecule has 0 bridgehead atoms. The molecule has 4 N–H and O–H groups in total. The van der Waals surface area contributed by atoms with Gasteiger partial charge >= 0.3 is 5.69 Å². The van der Waals surface area contributed by atoms with Gasteiger partial charge in [0.2, 0.25) is 0 Å². The molecule has 0 spiro atoms. The van der Waals surface area contributed by atoms with Gasteiger partial charge in [0.1, 0.15) is 18.3 Å². The van der Waals surface area contributed by atoms with E-state index in [0.717, 1.165) is 4.57 Å². The van der Waals surface area contributed by atoms with Crippen molar-refractivity contribution in [2.24, 2.45) is 0 Å². The SMILES string of the molecule is Cc1cn([C@H]2O[C@@H](CO)[C@@H](O)[C@@H]2O)c(=O)[nH]c1=O. The van der Waals surface area contributed by atoms with Gasteiger partial charge in [-0.2, -0.15) is 0 Å². The number of aromatic nitrogens is 2. The highest BCUT2D eigenvalue weighted by molar-refractivity contribution is 5.03. The maximum Gasteiger partial charge on any atom is 0.330 e. The Hall–Kier alpha value is -1.48. The fourth-order valence-electron chi connectivity index (χ4n) is 1.88. The van der Waals surface area contributed by atoms with Crippen LogP contribution in [0.25, 0.3) is 0 Å². The van der Waals surface area contributed by atoms with E-state index in [1.807, 2.05) is 0 Å². The predicted molar refractivity (Wildman–Crippen MR) is 59.1 cm³/mol. The molecule has 8 nitrogen and oxygen atoms in total. The Kier molecular flexibility index (Phi) is 3.35. The van der Waals surface area contributed by atoms with Gasteiger partial charge in [0.05, 0.1) is 6.61 Å². The lowest BCUT2D eigenvalue weighted by atomic mass is 10.1. The van der Waals surface area contributed by atoms with Gasteiger partial charge in [-0.05, 0) is 6.92 Å². The fourth-order valence-corrected chi connectivity index (χ4v) is 1.88. The molecule has 1 saturated heterocycles. The number of aliphatic hydroxyl groups excluding tert-OH is 3. The quantitative estimate of drug-likeness (QED) is 0.463. The number of nitrogens with zero attached hydrogens (tertiary/aromatic N) is 1. The van der Waals surface area contributed by atoms with Crippen LogP contribution in [-0.2, 0) is 4.74 Å². The van der Waals surface area contributed by atoms with E-state index < -0.39 is 42.4 Å². The minimum atomic E-state index is -1.36. The monoisotopic (exact) mass is 258 g/mol. The summed E-state index contributed by atoms with van der Waals surface area (Å²) in [7, 11) is 0. The summed E-state index contributed by atoms with van der Waals surface area (Å²) in [5.41, 5.74) is -1.00. The molecule has 4 atom stereocenters. The van der Waals surface area contributed by atoms with Crippen molar-refractivity contribution < 1.29 is 20.1 Å². The van der Waals surface area contributed by atoms with Crippen LogP contribution in [0.4, 0.5) is 0 Å². The van der Waals surface area contributed by atoms with E-state index >= 15 is 0 Å². The van der Waals surface area contributed by atoms with Crippen LogP contribution in [0.2, 0.25) is 0 Å². The average molecular weight is 258 g/mol. The van der Waals surface area contributed by atoms with Gasteiger partial charge in [0.15, 0.2) is 6.23 Å². The van der Waals surface area contributed by atoms with Gasteiger partial charge in [0.25, 0.3) is 5.56 Å². The molecular formula is C10H14N2O6. The molecule has 0 saturated carbocycles. The van der Waals surface area contributed by atoms with E-state index in [9.17, 15) is 19.8 Å². The summed E-state index contributed by atoms with van der Waals surface area (Å²) in [5, 5.41) is 28.3. The lowest BCUT2D eigenvalue weighted by Crippen LogP contribution is -2.38. The molecule has 1 aliphatic heterocycles. The number of rotatable bonds is 2. The summed E-state index contributed by atoms with van der Waals surface area (Å²) in [6.45, 7) is 1.02. The van der Waals surface area contributed by atoms with Crippen molar-refractivity contribution in [3.05, 3.63) is 32.6 Å². The Morgan fingerprint density at radius 1 is 1.39 bits per heavy atom. The highest BCUT2D eigenvalue weighted by Crippen LogP contribution is 2.27. The Bertz CT molecular complexity index is 550. The normalized spacial score (nSPS) is 31.8. The largest absolute Gasteiger partial charge is 0.394 e. The van der Waals surface area contributed by atoms with Crippen LogP contribution in [0.1, 0.15) is 11.8 Å². The number of H-pyrrole nitrogens is 1.